The smallest absolute Gasteiger partial charge is 0.387 e. The number of benzene rings is 1. The number of carbonyl (C=O) groups is 1. The van der Waals surface area contributed by atoms with E-state index < -0.39 is 6.61 Å². The van der Waals surface area contributed by atoms with E-state index in [9.17, 15) is 13.6 Å². The molecule has 0 radical (unpaired) electrons. The minimum Gasteiger partial charge on any atom is -0.433 e. The van der Waals surface area contributed by atoms with Gasteiger partial charge in [-0.3, -0.25) is 4.79 Å². The fourth-order valence-electron chi connectivity index (χ4n) is 2.51. The first kappa shape index (κ1) is 15.5. The van der Waals surface area contributed by atoms with Gasteiger partial charge in [-0.2, -0.15) is 8.78 Å². The quantitative estimate of drug-likeness (QED) is 0.848. The van der Waals surface area contributed by atoms with E-state index in [1.54, 1.807) is 18.2 Å². The fourth-order valence-corrected chi connectivity index (χ4v) is 2.51. The lowest BCUT2D eigenvalue weighted by molar-refractivity contribution is -0.120. The number of hydrogen-bond donors (Lipinski definition) is 2. The summed E-state index contributed by atoms with van der Waals surface area (Å²) in [6, 6.07) is 6.57. The van der Waals surface area contributed by atoms with Gasteiger partial charge in [-0.15, -0.1) is 0 Å². The van der Waals surface area contributed by atoms with Crippen molar-refractivity contribution in [3.63, 3.8) is 0 Å². The molecule has 1 saturated carbocycles. The standard InChI is InChI=1S/C15H20F2N2O2/c16-15(17)21-13-9-5-4-8-12(13)18-10-14(20)19-11-6-2-1-3-7-11/h4-5,8-9,11,15,18H,1-3,6-7,10H2,(H,19,20). The van der Waals surface area contributed by atoms with E-state index in [2.05, 4.69) is 15.4 Å². The van der Waals surface area contributed by atoms with Crippen LogP contribution in [0, 0.1) is 0 Å². The van der Waals surface area contributed by atoms with Gasteiger partial charge in [0.05, 0.1) is 12.2 Å². The minimum atomic E-state index is -2.89. The van der Waals surface area contributed by atoms with Crippen LogP contribution in [0.25, 0.3) is 0 Å². The molecule has 116 valence electrons. The first-order chi connectivity index (χ1) is 10.1. The second-order valence-electron chi connectivity index (χ2n) is 5.13. The van der Waals surface area contributed by atoms with Crippen LogP contribution in [0.3, 0.4) is 0 Å². The zero-order valence-corrected chi connectivity index (χ0v) is 11.8. The Morgan fingerprint density at radius 1 is 1.24 bits per heavy atom. The summed E-state index contributed by atoms with van der Waals surface area (Å²) in [5, 5.41) is 5.80. The molecular formula is C15H20F2N2O2. The third-order valence-corrected chi connectivity index (χ3v) is 3.51. The molecule has 0 unspecified atom stereocenters. The molecule has 0 saturated heterocycles. The maximum atomic E-state index is 12.3. The number of para-hydroxylation sites is 2. The van der Waals surface area contributed by atoms with Crippen molar-refractivity contribution in [3.8, 4) is 5.75 Å². The molecule has 21 heavy (non-hydrogen) atoms. The molecule has 0 aliphatic heterocycles. The van der Waals surface area contributed by atoms with Crippen molar-refractivity contribution in [3.05, 3.63) is 24.3 Å². The van der Waals surface area contributed by atoms with Crippen molar-refractivity contribution in [1.82, 2.24) is 5.32 Å². The van der Waals surface area contributed by atoms with Crippen molar-refractivity contribution < 1.29 is 18.3 Å². The van der Waals surface area contributed by atoms with Crippen LogP contribution in [0.4, 0.5) is 14.5 Å². The number of halogens is 2. The molecule has 2 N–H and O–H groups in total. The number of ether oxygens (including phenoxy) is 1. The summed E-state index contributed by atoms with van der Waals surface area (Å²) in [6.45, 7) is -2.84. The van der Waals surface area contributed by atoms with E-state index in [0.29, 0.717) is 5.69 Å². The van der Waals surface area contributed by atoms with Crippen LogP contribution < -0.4 is 15.4 Å². The monoisotopic (exact) mass is 298 g/mol. The van der Waals surface area contributed by atoms with E-state index >= 15 is 0 Å². The molecule has 1 aliphatic rings. The van der Waals surface area contributed by atoms with Gasteiger partial charge in [-0.1, -0.05) is 31.4 Å². The zero-order valence-electron chi connectivity index (χ0n) is 11.8. The second-order valence-corrected chi connectivity index (χ2v) is 5.13. The molecule has 0 bridgehead atoms. The molecule has 1 aromatic rings. The Hall–Kier alpha value is -1.85. The summed E-state index contributed by atoms with van der Waals surface area (Å²) < 4.78 is 29.0. The summed E-state index contributed by atoms with van der Waals surface area (Å²) in [5.74, 6) is -0.0910. The van der Waals surface area contributed by atoms with Gasteiger partial charge >= 0.3 is 6.61 Å². The molecule has 0 atom stereocenters. The predicted molar refractivity (Wildman–Crippen MR) is 76.6 cm³/mol. The van der Waals surface area contributed by atoms with E-state index in [-0.39, 0.29) is 24.2 Å². The topological polar surface area (TPSA) is 50.4 Å². The predicted octanol–water partition coefficient (Wildman–Crippen LogP) is 3.15. The van der Waals surface area contributed by atoms with Crippen LogP contribution in [-0.4, -0.2) is 25.1 Å². The number of alkyl halides is 2. The van der Waals surface area contributed by atoms with Crippen molar-refractivity contribution in [2.75, 3.05) is 11.9 Å². The fraction of sp³-hybridized carbons (Fsp3) is 0.533. The Bertz CT molecular complexity index is 463. The molecule has 1 aliphatic carbocycles. The highest BCUT2D eigenvalue weighted by Crippen LogP contribution is 2.25. The van der Waals surface area contributed by atoms with Gasteiger partial charge in [0.25, 0.3) is 0 Å². The second kappa shape index (κ2) is 7.81. The van der Waals surface area contributed by atoms with Crippen LogP contribution in [0.15, 0.2) is 24.3 Å². The van der Waals surface area contributed by atoms with E-state index in [1.165, 1.54) is 12.5 Å². The van der Waals surface area contributed by atoms with Crippen molar-refractivity contribution >= 4 is 11.6 Å². The number of hydrogen-bond acceptors (Lipinski definition) is 3. The third kappa shape index (κ3) is 5.21. The average molecular weight is 298 g/mol. The highest BCUT2D eigenvalue weighted by Gasteiger charge is 2.16. The Morgan fingerprint density at radius 2 is 1.95 bits per heavy atom. The summed E-state index contributed by atoms with van der Waals surface area (Å²) >= 11 is 0. The Morgan fingerprint density at radius 3 is 2.67 bits per heavy atom. The summed E-state index contributed by atoms with van der Waals surface area (Å²) in [7, 11) is 0. The molecular weight excluding hydrogens is 278 g/mol. The zero-order chi connectivity index (χ0) is 15.1. The molecule has 1 aromatic carbocycles. The highest BCUT2D eigenvalue weighted by molar-refractivity contribution is 5.81. The number of nitrogens with one attached hydrogen (secondary N) is 2. The van der Waals surface area contributed by atoms with Crippen LogP contribution in [0.2, 0.25) is 0 Å². The molecule has 4 nitrogen and oxygen atoms in total. The number of anilines is 1. The molecule has 0 spiro atoms. The molecule has 2 rings (SSSR count). The average Bonchev–Trinajstić information content (AvgIpc) is 2.47. The third-order valence-electron chi connectivity index (χ3n) is 3.51. The van der Waals surface area contributed by atoms with Gasteiger partial charge in [-0.05, 0) is 25.0 Å². The molecule has 1 fully saturated rings. The lowest BCUT2D eigenvalue weighted by Gasteiger charge is -2.23. The summed E-state index contributed by atoms with van der Waals surface area (Å²) in [6.07, 6.45) is 5.53. The largest absolute Gasteiger partial charge is 0.433 e. The van der Waals surface area contributed by atoms with Crippen molar-refractivity contribution in [2.45, 2.75) is 44.8 Å². The van der Waals surface area contributed by atoms with Crippen LogP contribution >= 0.6 is 0 Å². The lowest BCUT2D eigenvalue weighted by atomic mass is 9.95. The van der Waals surface area contributed by atoms with Crippen LogP contribution in [0.1, 0.15) is 32.1 Å². The summed E-state index contributed by atoms with van der Waals surface area (Å²) in [5.41, 5.74) is 0.386. The van der Waals surface area contributed by atoms with E-state index in [4.69, 9.17) is 0 Å². The van der Waals surface area contributed by atoms with Gasteiger partial charge in [0.1, 0.15) is 5.75 Å². The maximum Gasteiger partial charge on any atom is 0.387 e. The Kier molecular flexibility index (Phi) is 5.78. The molecule has 6 heteroatoms. The number of carbonyl (C=O) groups excluding carboxylic acids is 1. The molecule has 1 amide bonds. The normalized spacial score (nSPS) is 15.8. The minimum absolute atomic E-state index is 0.0398. The SMILES string of the molecule is O=C(CNc1ccccc1OC(F)F)NC1CCCCC1. The van der Waals surface area contributed by atoms with Gasteiger partial charge in [0.15, 0.2) is 0 Å². The number of amides is 1. The van der Waals surface area contributed by atoms with Crippen LogP contribution in [-0.2, 0) is 4.79 Å². The van der Waals surface area contributed by atoms with Crippen molar-refractivity contribution in [1.29, 1.82) is 0 Å². The number of rotatable bonds is 6. The first-order valence-corrected chi connectivity index (χ1v) is 7.22. The molecule has 0 aromatic heterocycles. The van der Waals surface area contributed by atoms with Gasteiger partial charge in [0.2, 0.25) is 5.91 Å². The first-order valence-electron chi connectivity index (χ1n) is 7.22. The van der Waals surface area contributed by atoms with Gasteiger partial charge < -0.3 is 15.4 Å². The molecule has 0 heterocycles. The lowest BCUT2D eigenvalue weighted by Crippen LogP contribution is -2.39. The highest BCUT2D eigenvalue weighted by atomic mass is 19.3. The Balaban J connectivity index is 1.83. The van der Waals surface area contributed by atoms with Crippen LogP contribution in [0.5, 0.6) is 5.75 Å². The maximum absolute atomic E-state index is 12.3. The summed E-state index contributed by atoms with van der Waals surface area (Å²) in [4.78, 5) is 11.9. The Labute approximate surface area is 122 Å². The van der Waals surface area contributed by atoms with E-state index in [0.717, 1.165) is 25.7 Å². The van der Waals surface area contributed by atoms with Crippen molar-refractivity contribution in [2.24, 2.45) is 0 Å². The van der Waals surface area contributed by atoms with E-state index in [1.807, 2.05) is 0 Å². The van der Waals surface area contributed by atoms with Gasteiger partial charge in [0, 0.05) is 6.04 Å². The van der Waals surface area contributed by atoms with Gasteiger partial charge in [-0.25, -0.2) is 0 Å².